The molecule has 2 aromatic rings. The molecule has 0 aliphatic carbocycles. The zero-order valence-corrected chi connectivity index (χ0v) is 16.6. The van der Waals surface area contributed by atoms with Gasteiger partial charge in [0.15, 0.2) is 23.9 Å². The molecular weight excluding hydrogens is 376 g/mol. The van der Waals surface area contributed by atoms with Crippen LogP contribution in [0.4, 0.5) is 5.69 Å². The van der Waals surface area contributed by atoms with Gasteiger partial charge in [0.1, 0.15) is 5.75 Å². The SMILES string of the molecule is COc1cc(C(C)=O)ccc1OCC(=O)N(CCC(N)=O)c1ccccc1OC. The number of ether oxygens (including phenoxy) is 3. The third kappa shape index (κ3) is 5.71. The summed E-state index contributed by atoms with van der Waals surface area (Å²) in [5, 5.41) is 0. The van der Waals surface area contributed by atoms with Crippen molar-refractivity contribution in [3.63, 3.8) is 0 Å². The van der Waals surface area contributed by atoms with Crippen molar-refractivity contribution in [2.45, 2.75) is 13.3 Å². The molecule has 0 aliphatic rings. The van der Waals surface area contributed by atoms with Crippen LogP contribution in [0.15, 0.2) is 42.5 Å². The topological polar surface area (TPSA) is 108 Å². The lowest BCUT2D eigenvalue weighted by Crippen LogP contribution is -2.37. The number of hydrogen-bond donors (Lipinski definition) is 1. The number of hydrogen-bond acceptors (Lipinski definition) is 6. The molecule has 154 valence electrons. The molecule has 0 fully saturated rings. The van der Waals surface area contributed by atoms with Crippen LogP contribution >= 0.6 is 0 Å². The van der Waals surface area contributed by atoms with Crippen molar-refractivity contribution < 1.29 is 28.6 Å². The van der Waals surface area contributed by atoms with Gasteiger partial charge >= 0.3 is 0 Å². The predicted octanol–water partition coefficient (Wildman–Crippen LogP) is 2.19. The van der Waals surface area contributed by atoms with Crippen LogP contribution < -0.4 is 24.8 Å². The minimum atomic E-state index is -0.528. The Bertz CT molecular complexity index is 896. The Labute approximate surface area is 169 Å². The molecule has 0 bridgehead atoms. The lowest BCUT2D eigenvalue weighted by atomic mass is 10.1. The number of Topliss-reactive ketones (excluding diaryl/α,β-unsaturated/α-hetero) is 1. The van der Waals surface area contributed by atoms with E-state index in [0.717, 1.165) is 0 Å². The number of amides is 2. The van der Waals surface area contributed by atoms with Gasteiger partial charge in [-0.25, -0.2) is 0 Å². The number of benzene rings is 2. The fourth-order valence-corrected chi connectivity index (χ4v) is 2.68. The van der Waals surface area contributed by atoms with E-state index in [1.807, 2.05) is 0 Å². The van der Waals surface area contributed by atoms with Gasteiger partial charge in [0, 0.05) is 18.5 Å². The molecular formula is C21H24N2O6. The number of primary amides is 1. The summed E-state index contributed by atoms with van der Waals surface area (Å²) in [4.78, 5) is 37.0. The van der Waals surface area contributed by atoms with Crippen LogP contribution in [-0.4, -0.2) is 45.0 Å². The molecule has 8 heteroatoms. The number of para-hydroxylation sites is 2. The van der Waals surface area contributed by atoms with E-state index in [0.29, 0.717) is 28.5 Å². The molecule has 0 unspecified atom stereocenters. The van der Waals surface area contributed by atoms with Gasteiger partial charge < -0.3 is 24.8 Å². The number of carbonyl (C=O) groups excluding carboxylic acids is 3. The molecule has 29 heavy (non-hydrogen) atoms. The Kier molecular flexibility index (Phi) is 7.59. The Hall–Kier alpha value is -3.55. The molecule has 2 N–H and O–H groups in total. The van der Waals surface area contributed by atoms with E-state index in [-0.39, 0.29) is 25.4 Å². The maximum Gasteiger partial charge on any atom is 0.265 e. The maximum atomic E-state index is 12.9. The second kappa shape index (κ2) is 10.1. The smallest absolute Gasteiger partial charge is 0.265 e. The van der Waals surface area contributed by atoms with E-state index in [1.165, 1.54) is 26.0 Å². The average Bonchev–Trinajstić information content (AvgIpc) is 2.72. The highest BCUT2D eigenvalue weighted by Gasteiger charge is 2.21. The zero-order chi connectivity index (χ0) is 21.4. The van der Waals surface area contributed by atoms with Crippen LogP contribution in [0.2, 0.25) is 0 Å². The normalized spacial score (nSPS) is 10.2. The molecule has 0 heterocycles. The molecule has 0 saturated carbocycles. The Balaban J connectivity index is 2.22. The van der Waals surface area contributed by atoms with E-state index in [1.54, 1.807) is 42.5 Å². The molecule has 2 aromatic carbocycles. The fourth-order valence-electron chi connectivity index (χ4n) is 2.68. The fraction of sp³-hybridized carbons (Fsp3) is 0.286. The molecule has 0 radical (unpaired) electrons. The molecule has 8 nitrogen and oxygen atoms in total. The van der Waals surface area contributed by atoms with Crippen LogP contribution in [0, 0.1) is 0 Å². The number of carbonyl (C=O) groups is 3. The predicted molar refractivity (Wildman–Crippen MR) is 108 cm³/mol. The van der Waals surface area contributed by atoms with Crippen molar-refractivity contribution in [2.24, 2.45) is 5.73 Å². The lowest BCUT2D eigenvalue weighted by Gasteiger charge is -2.24. The van der Waals surface area contributed by atoms with E-state index in [4.69, 9.17) is 19.9 Å². The third-order valence-corrected chi connectivity index (χ3v) is 4.18. The monoisotopic (exact) mass is 400 g/mol. The highest BCUT2D eigenvalue weighted by Crippen LogP contribution is 2.30. The Morgan fingerprint density at radius 1 is 0.966 bits per heavy atom. The first kappa shape index (κ1) is 21.7. The summed E-state index contributed by atoms with van der Waals surface area (Å²) in [5.74, 6) is 0.106. The summed E-state index contributed by atoms with van der Waals surface area (Å²) in [6, 6.07) is 11.7. The van der Waals surface area contributed by atoms with Crippen molar-refractivity contribution in [3.8, 4) is 17.2 Å². The molecule has 0 aliphatic heterocycles. The van der Waals surface area contributed by atoms with Crippen molar-refractivity contribution >= 4 is 23.3 Å². The minimum Gasteiger partial charge on any atom is -0.495 e. The van der Waals surface area contributed by atoms with Crippen molar-refractivity contribution in [2.75, 3.05) is 32.3 Å². The summed E-state index contributed by atoms with van der Waals surface area (Å²) in [5.41, 5.74) is 6.22. The molecule has 0 atom stereocenters. The number of anilines is 1. The first-order chi connectivity index (χ1) is 13.9. The first-order valence-electron chi connectivity index (χ1n) is 8.90. The highest BCUT2D eigenvalue weighted by atomic mass is 16.5. The van der Waals surface area contributed by atoms with E-state index < -0.39 is 11.8 Å². The van der Waals surface area contributed by atoms with Crippen LogP contribution in [0.3, 0.4) is 0 Å². The van der Waals surface area contributed by atoms with Crippen molar-refractivity contribution in [1.82, 2.24) is 0 Å². The van der Waals surface area contributed by atoms with E-state index in [2.05, 4.69) is 0 Å². The van der Waals surface area contributed by atoms with Gasteiger partial charge in [-0.2, -0.15) is 0 Å². The molecule has 0 spiro atoms. The maximum absolute atomic E-state index is 12.9. The summed E-state index contributed by atoms with van der Waals surface area (Å²) < 4.78 is 16.2. The lowest BCUT2D eigenvalue weighted by molar-refractivity contribution is -0.120. The van der Waals surface area contributed by atoms with Gasteiger partial charge in [0.05, 0.1) is 19.9 Å². The molecule has 0 aromatic heterocycles. The van der Waals surface area contributed by atoms with Crippen LogP contribution in [0.5, 0.6) is 17.2 Å². The standard InChI is InChI=1S/C21H24N2O6/c1-14(24)15-8-9-18(19(12-15)28-3)29-13-21(26)23(11-10-20(22)25)16-6-4-5-7-17(16)27-2/h4-9,12H,10-11,13H2,1-3H3,(H2,22,25). The van der Waals surface area contributed by atoms with E-state index >= 15 is 0 Å². The summed E-state index contributed by atoms with van der Waals surface area (Å²) in [7, 11) is 2.94. The number of methoxy groups -OCH3 is 2. The van der Waals surface area contributed by atoms with Gasteiger partial charge in [0.25, 0.3) is 5.91 Å². The summed E-state index contributed by atoms with van der Waals surface area (Å²) in [6.45, 7) is 1.22. The highest BCUT2D eigenvalue weighted by molar-refractivity contribution is 5.97. The van der Waals surface area contributed by atoms with Crippen LogP contribution in [0.25, 0.3) is 0 Å². The van der Waals surface area contributed by atoms with Crippen molar-refractivity contribution in [3.05, 3.63) is 48.0 Å². The minimum absolute atomic E-state index is 0.0135. The number of nitrogens with zero attached hydrogens (tertiary/aromatic N) is 1. The third-order valence-electron chi connectivity index (χ3n) is 4.18. The number of rotatable bonds is 10. The van der Waals surface area contributed by atoms with Gasteiger partial charge in [-0.1, -0.05) is 12.1 Å². The van der Waals surface area contributed by atoms with Crippen LogP contribution in [-0.2, 0) is 9.59 Å². The van der Waals surface area contributed by atoms with Gasteiger partial charge in [-0.3, -0.25) is 14.4 Å². The Morgan fingerprint density at radius 3 is 2.28 bits per heavy atom. The van der Waals surface area contributed by atoms with Gasteiger partial charge in [0.2, 0.25) is 5.91 Å². The first-order valence-corrected chi connectivity index (χ1v) is 8.90. The van der Waals surface area contributed by atoms with Gasteiger partial charge in [-0.15, -0.1) is 0 Å². The zero-order valence-electron chi connectivity index (χ0n) is 16.6. The largest absolute Gasteiger partial charge is 0.495 e. The number of ketones is 1. The average molecular weight is 400 g/mol. The molecule has 0 saturated heterocycles. The van der Waals surface area contributed by atoms with Gasteiger partial charge in [-0.05, 0) is 37.3 Å². The quantitative estimate of drug-likeness (QED) is 0.613. The second-order valence-corrected chi connectivity index (χ2v) is 6.14. The summed E-state index contributed by atoms with van der Waals surface area (Å²) in [6.07, 6.45) is -0.0135. The second-order valence-electron chi connectivity index (χ2n) is 6.14. The Morgan fingerprint density at radius 2 is 1.66 bits per heavy atom. The number of nitrogens with two attached hydrogens (primary N) is 1. The molecule has 2 amide bonds. The molecule has 2 rings (SSSR count). The van der Waals surface area contributed by atoms with Crippen LogP contribution in [0.1, 0.15) is 23.7 Å². The van der Waals surface area contributed by atoms with E-state index in [9.17, 15) is 14.4 Å². The summed E-state index contributed by atoms with van der Waals surface area (Å²) >= 11 is 0. The van der Waals surface area contributed by atoms with Crippen molar-refractivity contribution in [1.29, 1.82) is 0 Å².